The van der Waals surface area contributed by atoms with Gasteiger partial charge in [-0.1, -0.05) is 48.5 Å². The molecular formula is C36H45NO8. The molecule has 9 heteroatoms. The van der Waals surface area contributed by atoms with Crippen LogP contribution in [0.3, 0.4) is 0 Å². The average Bonchev–Trinajstić information content (AvgIpc) is 2.94. The van der Waals surface area contributed by atoms with Gasteiger partial charge < -0.3 is 19.3 Å². The second kappa shape index (κ2) is 15.8. The van der Waals surface area contributed by atoms with Gasteiger partial charge in [-0.05, 0) is 101 Å². The zero-order chi connectivity index (χ0) is 33.2. The van der Waals surface area contributed by atoms with Crippen molar-refractivity contribution in [2.75, 3.05) is 0 Å². The van der Waals surface area contributed by atoms with Gasteiger partial charge in [-0.3, -0.25) is 14.4 Å². The maximum atomic E-state index is 12.6. The second-order valence-corrected chi connectivity index (χ2v) is 13.0. The van der Waals surface area contributed by atoms with Crippen molar-refractivity contribution in [1.29, 1.82) is 0 Å². The van der Waals surface area contributed by atoms with Gasteiger partial charge in [0.05, 0.1) is 17.8 Å². The Balaban J connectivity index is 1.65. The lowest BCUT2D eigenvalue weighted by Gasteiger charge is -2.30. The van der Waals surface area contributed by atoms with Crippen LogP contribution in [0, 0.1) is 5.92 Å². The number of benzene rings is 3. The summed E-state index contributed by atoms with van der Waals surface area (Å²) in [4.78, 5) is 41.7. The van der Waals surface area contributed by atoms with E-state index in [1.807, 2.05) is 77.9 Å². The zero-order valence-corrected chi connectivity index (χ0v) is 27.2. The molecule has 0 bridgehead atoms. The van der Waals surface area contributed by atoms with Crippen LogP contribution in [0.15, 0.2) is 72.8 Å². The summed E-state index contributed by atoms with van der Waals surface area (Å²) in [7, 11) is 0. The van der Waals surface area contributed by atoms with Gasteiger partial charge >= 0.3 is 11.9 Å². The Morgan fingerprint density at radius 1 is 0.822 bits per heavy atom. The zero-order valence-electron chi connectivity index (χ0n) is 27.2. The van der Waals surface area contributed by atoms with Gasteiger partial charge in [0.15, 0.2) is 6.29 Å². The number of hydrogen-bond acceptors (Lipinski definition) is 8. The predicted octanol–water partition coefficient (Wildman–Crippen LogP) is 6.55. The summed E-state index contributed by atoms with van der Waals surface area (Å²) in [6, 6.07) is 21.9. The van der Waals surface area contributed by atoms with E-state index in [4.69, 9.17) is 19.0 Å². The molecule has 0 radical (unpaired) electrons. The van der Waals surface area contributed by atoms with Crippen LogP contribution in [0.25, 0.3) is 11.1 Å². The lowest BCUT2D eigenvalue weighted by molar-refractivity contribution is -0.193. The summed E-state index contributed by atoms with van der Waals surface area (Å²) in [5.74, 6) is -1.07. The molecule has 1 amide bonds. The van der Waals surface area contributed by atoms with Gasteiger partial charge in [-0.2, -0.15) is 0 Å². The normalized spacial score (nSPS) is 13.1. The average molecular weight is 620 g/mol. The minimum absolute atomic E-state index is 0.109. The highest BCUT2D eigenvalue weighted by molar-refractivity contribution is 5.91. The molecule has 3 rings (SSSR count). The minimum Gasteiger partial charge on any atom is -0.456 e. The van der Waals surface area contributed by atoms with E-state index in [1.165, 1.54) is 6.92 Å². The first kappa shape index (κ1) is 35.4. The first-order valence-corrected chi connectivity index (χ1v) is 15.0. The third-order valence-corrected chi connectivity index (χ3v) is 6.48. The molecule has 3 aromatic rings. The molecule has 2 N–H and O–H groups in total. The third-order valence-electron chi connectivity index (χ3n) is 6.48. The van der Waals surface area contributed by atoms with Crippen LogP contribution in [0.1, 0.15) is 82.8 Å². The van der Waals surface area contributed by atoms with Crippen LogP contribution in [0.4, 0.5) is 0 Å². The molecule has 0 heterocycles. The summed E-state index contributed by atoms with van der Waals surface area (Å²) in [6.45, 7) is 12.6. The number of rotatable bonds is 13. The number of aliphatic hydroxyl groups is 1. The van der Waals surface area contributed by atoms with Gasteiger partial charge in [-0.25, -0.2) is 10.3 Å². The highest BCUT2D eigenvalue weighted by Gasteiger charge is 2.26. The second-order valence-electron chi connectivity index (χ2n) is 13.0. The lowest BCUT2D eigenvalue weighted by Crippen LogP contribution is -2.34. The monoisotopic (exact) mass is 619 g/mol. The Labute approximate surface area is 265 Å². The van der Waals surface area contributed by atoms with E-state index in [2.05, 4.69) is 5.48 Å². The lowest BCUT2D eigenvalue weighted by atomic mass is 9.91. The molecule has 0 aliphatic carbocycles. The predicted molar refractivity (Wildman–Crippen MR) is 171 cm³/mol. The van der Waals surface area contributed by atoms with Gasteiger partial charge in [-0.15, -0.1) is 0 Å². The number of hydroxylamine groups is 1. The van der Waals surface area contributed by atoms with Crippen LogP contribution >= 0.6 is 0 Å². The largest absolute Gasteiger partial charge is 0.456 e. The van der Waals surface area contributed by atoms with Crippen molar-refractivity contribution in [1.82, 2.24) is 5.48 Å². The number of carbonyl (C=O) groups excluding carboxylic acids is 3. The van der Waals surface area contributed by atoms with Gasteiger partial charge in [0, 0.05) is 19.3 Å². The molecule has 242 valence electrons. The van der Waals surface area contributed by atoms with Crippen molar-refractivity contribution in [3.63, 3.8) is 0 Å². The first-order valence-electron chi connectivity index (χ1n) is 15.0. The quantitative estimate of drug-likeness (QED) is 0.0956. The fourth-order valence-electron chi connectivity index (χ4n) is 4.53. The molecule has 0 aliphatic heterocycles. The number of hydrogen-bond donors (Lipinski definition) is 2. The van der Waals surface area contributed by atoms with E-state index in [1.54, 1.807) is 36.4 Å². The summed E-state index contributed by atoms with van der Waals surface area (Å²) in [5.41, 5.74) is 5.25. The van der Waals surface area contributed by atoms with Crippen LogP contribution in [-0.4, -0.2) is 40.4 Å². The highest BCUT2D eigenvalue weighted by Crippen LogP contribution is 2.27. The van der Waals surface area contributed by atoms with E-state index in [9.17, 15) is 19.5 Å². The van der Waals surface area contributed by atoms with Crippen molar-refractivity contribution in [3.05, 3.63) is 89.5 Å². The fraction of sp³-hybridized carbons (Fsp3) is 0.417. The van der Waals surface area contributed by atoms with Crippen molar-refractivity contribution in [2.24, 2.45) is 5.92 Å². The molecule has 0 saturated carbocycles. The minimum atomic E-state index is -1.10. The molecule has 3 aromatic carbocycles. The number of nitrogens with one attached hydrogen (secondary N) is 1. The molecular weight excluding hydrogens is 574 g/mol. The summed E-state index contributed by atoms with van der Waals surface area (Å²) in [5, 5.41) is 11.0. The molecule has 2 atom stereocenters. The summed E-state index contributed by atoms with van der Waals surface area (Å²) < 4.78 is 16.4. The fourth-order valence-corrected chi connectivity index (χ4v) is 4.53. The summed E-state index contributed by atoms with van der Waals surface area (Å²) >= 11 is 0. The molecule has 0 aliphatic rings. The van der Waals surface area contributed by atoms with Crippen LogP contribution in [0.5, 0.6) is 5.75 Å². The van der Waals surface area contributed by atoms with Crippen LogP contribution in [0.2, 0.25) is 0 Å². The van der Waals surface area contributed by atoms with Crippen LogP contribution in [-0.2, 0) is 36.9 Å². The molecule has 2 unspecified atom stereocenters. The van der Waals surface area contributed by atoms with Crippen molar-refractivity contribution in [3.8, 4) is 16.9 Å². The maximum absolute atomic E-state index is 12.6. The van der Waals surface area contributed by atoms with Gasteiger partial charge in [0.25, 0.3) is 0 Å². The Morgan fingerprint density at radius 3 is 2.09 bits per heavy atom. The Bertz CT molecular complexity index is 1440. The molecule has 0 aromatic heterocycles. The Hall–Kier alpha value is -4.05. The molecule has 45 heavy (non-hydrogen) atoms. The molecule has 0 saturated heterocycles. The highest BCUT2D eigenvalue weighted by atomic mass is 16.7. The maximum Gasteiger partial charge on any atom is 0.338 e. The standard InChI is InChI=1S/C36H45NO8/c1-24(38)43-31-17-14-25(15-18-31)23-42-37-32(39)19-16-30(34(41)45-36(5,6)7)21-26-10-8-11-27(20-26)28-12-9-13-29(22-28)33(40)44-35(2,3)4/h8-15,17-18,20,22,30,34,41H,16,19,21,23H2,1-7H3,(H,37,39). The smallest absolute Gasteiger partial charge is 0.338 e. The van der Waals surface area contributed by atoms with Crippen LogP contribution < -0.4 is 10.2 Å². The van der Waals surface area contributed by atoms with E-state index in [0.29, 0.717) is 24.2 Å². The van der Waals surface area contributed by atoms with Crippen molar-refractivity contribution < 1.29 is 38.5 Å². The Kier molecular flexibility index (Phi) is 12.4. The number of amides is 1. The molecule has 0 spiro atoms. The summed E-state index contributed by atoms with van der Waals surface area (Å²) in [6.07, 6.45) is -0.187. The topological polar surface area (TPSA) is 120 Å². The van der Waals surface area contributed by atoms with Crippen molar-refractivity contribution >= 4 is 17.8 Å². The third kappa shape index (κ3) is 12.8. The van der Waals surface area contributed by atoms with Gasteiger partial charge in [0.2, 0.25) is 5.91 Å². The number of ether oxygens (including phenoxy) is 3. The Morgan fingerprint density at radius 2 is 1.47 bits per heavy atom. The number of aliphatic hydroxyl groups excluding tert-OH is 1. The molecule has 0 fully saturated rings. The van der Waals surface area contributed by atoms with Gasteiger partial charge in [0.1, 0.15) is 11.4 Å². The van der Waals surface area contributed by atoms with Crippen molar-refractivity contribution in [2.45, 2.75) is 91.8 Å². The SMILES string of the molecule is CC(=O)Oc1ccc(CONC(=O)CCC(Cc2cccc(-c3cccc(C(=O)OC(C)(C)C)c3)c2)C(O)OC(C)(C)C)cc1. The van der Waals surface area contributed by atoms with E-state index < -0.39 is 23.5 Å². The van der Waals surface area contributed by atoms with E-state index >= 15 is 0 Å². The van der Waals surface area contributed by atoms with E-state index in [-0.39, 0.29) is 30.8 Å². The first-order chi connectivity index (χ1) is 21.1. The molecule has 9 nitrogen and oxygen atoms in total. The number of carbonyl (C=O) groups is 3. The number of esters is 2. The van der Waals surface area contributed by atoms with E-state index in [0.717, 1.165) is 22.3 Å².